The van der Waals surface area contributed by atoms with Crippen molar-refractivity contribution in [2.75, 3.05) is 18.0 Å². The summed E-state index contributed by atoms with van der Waals surface area (Å²) in [4.78, 5) is 6.55. The van der Waals surface area contributed by atoms with Gasteiger partial charge in [0, 0.05) is 18.8 Å². The maximum Gasteiger partial charge on any atom is 0.148 e. The maximum absolute atomic E-state index is 9.01. The lowest BCUT2D eigenvalue weighted by molar-refractivity contribution is 0.439. The second-order valence-corrected chi connectivity index (χ2v) is 4.91. The van der Waals surface area contributed by atoms with Gasteiger partial charge in [0.25, 0.3) is 0 Å². The third-order valence-electron chi connectivity index (χ3n) is 3.39. The Balaban J connectivity index is 2.31. The number of halogens is 1. The summed E-state index contributed by atoms with van der Waals surface area (Å²) in [6, 6.07) is 4.14. The SMILES string of the molecule is N#Cc1ccnc(N2CCCCC2CCN)c1Cl. The van der Waals surface area contributed by atoms with Crippen LogP contribution >= 0.6 is 11.6 Å². The molecule has 0 spiro atoms. The summed E-state index contributed by atoms with van der Waals surface area (Å²) in [7, 11) is 0. The Labute approximate surface area is 112 Å². The van der Waals surface area contributed by atoms with Gasteiger partial charge in [0.15, 0.2) is 0 Å². The standard InChI is InChI=1S/C13H17ClN4/c14-12-10(9-16)5-7-17-13(12)18-8-2-1-3-11(18)4-6-15/h5,7,11H,1-4,6,8,15H2. The van der Waals surface area contributed by atoms with Crippen LogP contribution in [0, 0.1) is 11.3 Å². The topological polar surface area (TPSA) is 65.9 Å². The molecule has 0 aliphatic carbocycles. The van der Waals surface area contributed by atoms with Crippen LogP contribution in [0.3, 0.4) is 0 Å². The van der Waals surface area contributed by atoms with Gasteiger partial charge in [-0.1, -0.05) is 11.6 Å². The normalized spacial score (nSPS) is 19.6. The summed E-state index contributed by atoms with van der Waals surface area (Å²) in [6.45, 7) is 1.60. The van der Waals surface area contributed by atoms with Crippen LogP contribution in [-0.4, -0.2) is 24.1 Å². The Bertz CT molecular complexity index is 453. The van der Waals surface area contributed by atoms with Crippen LogP contribution in [0.4, 0.5) is 5.82 Å². The predicted molar refractivity (Wildman–Crippen MR) is 72.6 cm³/mol. The van der Waals surface area contributed by atoms with E-state index in [-0.39, 0.29) is 0 Å². The van der Waals surface area contributed by atoms with Gasteiger partial charge in [-0.25, -0.2) is 4.98 Å². The van der Waals surface area contributed by atoms with E-state index in [1.54, 1.807) is 12.3 Å². The molecule has 2 rings (SSSR count). The molecule has 4 nitrogen and oxygen atoms in total. The first-order valence-electron chi connectivity index (χ1n) is 6.29. The van der Waals surface area contributed by atoms with Gasteiger partial charge in [0.05, 0.1) is 5.56 Å². The number of hydrogen-bond donors (Lipinski definition) is 1. The number of nitrogens with zero attached hydrogens (tertiary/aromatic N) is 3. The van der Waals surface area contributed by atoms with E-state index in [1.165, 1.54) is 6.42 Å². The summed E-state index contributed by atoms with van der Waals surface area (Å²) in [5.41, 5.74) is 6.15. The highest BCUT2D eigenvalue weighted by Crippen LogP contribution is 2.31. The van der Waals surface area contributed by atoms with Gasteiger partial charge in [-0.3, -0.25) is 0 Å². The Morgan fingerprint density at radius 2 is 2.39 bits per heavy atom. The molecule has 0 aromatic carbocycles. The Morgan fingerprint density at radius 1 is 1.56 bits per heavy atom. The fraction of sp³-hybridized carbons (Fsp3) is 0.538. The number of aromatic nitrogens is 1. The van der Waals surface area contributed by atoms with Crippen LogP contribution < -0.4 is 10.6 Å². The second-order valence-electron chi connectivity index (χ2n) is 4.53. The van der Waals surface area contributed by atoms with Gasteiger partial charge >= 0.3 is 0 Å². The lowest BCUT2D eigenvalue weighted by Crippen LogP contribution is -2.41. The number of rotatable bonds is 3. The summed E-state index contributed by atoms with van der Waals surface area (Å²) in [6.07, 6.45) is 6.06. The predicted octanol–water partition coefficient (Wildman–Crippen LogP) is 2.31. The first-order chi connectivity index (χ1) is 8.77. The fourth-order valence-corrected chi connectivity index (χ4v) is 2.75. The summed E-state index contributed by atoms with van der Waals surface area (Å²) in [5, 5.41) is 9.47. The number of hydrogen-bond acceptors (Lipinski definition) is 4. The first-order valence-corrected chi connectivity index (χ1v) is 6.67. The van der Waals surface area contributed by atoms with Crippen LogP contribution in [0.15, 0.2) is 12.3 Å². The highest BCUT2D eigenvalue weighted by atomic mass is 35.5. The smallest absolute Gasteiger partial charge is 0.148 e. The second kappa shape index (κ2) is 6.03. The average Bonchev–Trinajstić information content (AvgIpc) is 2.40. The molecule has 2 heterocycles. The van der Waals surface area contributed by atoms with E-state index >= 15 is 0 Å². The third-order valence-corrected chi connectivity index (χ3v) is 3.76. The van der Waals surface area contributed by atoms with Crippen molar-refractivity contribution in [3.8, 4) is 6.07 Å². The van der Waals surface area contributed by atoms with Crippen LogP contribution in [0.2, 0.25) is 5.02 Å². The van der Waals surface area contributed by atoms with Crippen LogP contribution in [0.1, 0.15) is 31.2 Å². The number of anilines is 1. The van der Waals surface area contributed by atoms with E-state index in [2.05, 4.69) is 16.0 Å². The lowest BCUT2D eigenvalue weighted by atomic mass is 9.99. The average molecular weight is 265 g/mol. The molecule has 1 atom stereocenters. The van der Waals surface area contributed by atoms with E-state index in [0.717, 1.165) is 31.6 Å². The molecule has 1 aliphatic rings. The quantitative estimate of drug-likeness (QED) is 0.910. The summed E-state index contributed by atoms with van der Waals surface area (Å²) >= 11 is 6.25. The molecule has 1 saturated heterocycles. The number of nitrogens with two attached hydrogens (primary N) is 1. The van der Waals surface area contributed by atoms with Crippen molar-refractivity contribution in [1.29, 1.82) is 5.26 Å². The molecular weight excluding hydrogens is 248 g/mol. The van der Waals surface area contributed by atoms with Gasteiger partial charge in [-0.05, 0) is 38.3 Å². The van der Waals surface area contributed by atoms with Crippen molar-refractivity contribution in [2.45, 2.75) is 31.7 Å². The van der Waals surface area contributed by atoms with Crippen LogP contribution in [0.5, 0.6) is 0 Å². The number of piperidine rings is 1. The Morgan fingerprint density at radius 3 is 3.11 bits per heavy atom. The zero-order valence-electron chi connectivity index (χ0n) is 10.3. The molecule has 1 aromatic heterocycles. The van der Waals surface area contributed by atoms with E-state index in [9.17, 15) is 0 Å². The number of nitriles is 1. The van der Waals surface area contributed by atoms with Gasteiger partial charge in [-0.2, -0.15) is 5.26 Å². The van der Waals surface area contributed by atoms with Gasteiger partial charge < -0.3 is 10.6 Å². The van der Waals surface area contributed by atoms with Crippen molar-refractivity contribution in [2.24, 2.45) is 5.73 Å². The fourth-order valence-electron chi connectivity index (χ4n) is 2.49. The molecule has 1 aliphatic heterocycles. The molecule has 2 N–H and O–H groups in total. The highest BCUT2D eigenvalue weighted by Gasteiger charge is 2.25. The van der Waals surface area contributed by atoms with E-state index in [1.807, 2.05) is 0 Å². The van der Waals surface area contributed by atoms with Gasteiger partial charge in [0.1, 0.15) is 16.9 Å². The monoisotopic (exact) mass is 264 g/mol. The molecule has 1 unspecified atom stereocenters. The summed E-state index contributed by atoms with van der Waals surface area (Å²) < 4.78 is 0. The van der Waals surface area contributed by atoms with Crippen LogP contribution in [0.25, 0.3) is 0 Å². The van der Waals surface area contributed by atoms with Gasteiger partial charge in [-0.15, -0.1) is 0 Å². The zero-order chi connectivity index (χ0) is 13.0. The first kappa shape index (κ1) is 13.1. The largest absolute Gasteiger partial charge is 0.352 e. The Kier molecular flexibility index (Phi) is 4.40. The van der Waals surface area contributed by atoms with Crippen molar-refractivity contribution in [3.05, 3.63) is 22.8 Å². The van der Waals surface area contributed by atoms with Crippen molar-refractivity contribution < 1.29 is 0 Å². The molecular formula is C13H17ClN4. The molecule has 1 aromatic rings. The molecule has 96 valence electrons. The molecule has 0 amide bonds. The lowest BCUT2D eigenvalue weighted by Gasteiger charge is -2.37. The number of pyridine rings is 1. The minimum absolute atomic E-state index is 0.391. The molecule has 1 fully saturated rings. The minimum atomic E-state index is 0.391. The zero-order valence-corrected chi connectivity index (χ0v) is 11.0. The summed E-state index contributed by atoms with van der Waals surface area (Å²) in [5.74, 6) is 0.730. The van der Waals surface area contributed by atoms with E-state index in [0.29, 0.717) is 23.2 Å². The molecule has 0 bridgehead atoms. The van der Waals surface area contributed by atoms with E-state index in [4.69, 9.17) is 22.6 Å². The molecule has 0 radical (unpaired) electrons. The minimum Gasteiger partial charge on any atom is -0.352 e. The molecule has 18 heavy (non-hydrogen) atoms. The van der Waals surface area contributed by atoms with Crippen LogP contribution in [-0.2, 0) is 0 Å². The van der Waals surface area contributed by atoms with E-state index < -0.39 is 0 Å². The molecule has 0 saturated carbocycles. The Hall–Kier alpha value is -1.31. The van der Waals surface area contributed by atoms with Crippen molar-refractivity contribution in [1.82, 2.24) is 4.98 Å². The van der Waals surface area contributed by atoms with Crippen molar-refractivity contribution >= 4 is 17.4 Å². The third kappa shape index (κ3) is 2.58. The van der Waals surface area contributed by atoms with Gasteiger partial charge in [0.2, 0.25) is 0 Å². The highest BCUT2D eigenvalue weighted by molar-refractivity contribution is 6.34. The molecule has 5 heteroatoms. The maximum atomic E-state index is 9.01. The van der Waals surface area contributed by atoms with Crippen molar-refractivity contribution in [3.63, 3.8) is 0 Å².